The summed E-state index contributed by atoms with van der Waals surface area (Å²) in [6, 6.07) is 22.1. The van der Waals surface area contributed by atoms with E-state index in [1.165, 1.54) is 5.56 Å². The van der Waals surface area contributed by atoms with Gasteiger partial charge in [-0.15, -0.1) is 0 Å². The lowest BCUT2D eigenvalue weighted by atomic mass is 10.2. The molecule has 0 aromatic heterocycles. The van der Waals surface area contributed by atoms with Gasteiger partial charge in [0.15, 0.2) is 0 Å². The molecule has 0 unspecified atom stereocenters. The SMILES string of the molecule is Cc1ccc(N=Nc2ccc(N=[N+]([O-])c3ccc(C)cc3)cc2)cc1. The minimum absolute atomic E-state index is 0.494. The van der Waals surface area contributed by atoms with Crippen LogP contribution in [0.4, 0.5) is 22.7 Å². The minimum Gasteiger partial charge on any atom is -0.594 e. The second-order valence-electron chi connectivity index (χ2n) is 5.76. The average molecular weight is 330 g/mol. The molecule has 0 bridgehead atoms. The lowest BCUT2D eigenvalue weighted by molar-refractivity contribution is -0.435. The van der Waals surface area contributed by atoms with Crippen molar-refractivity contribution in [2.24, 2.45) is 15.3 Å². The first kappa shape index (κ1) is 16.5. The summed E-state index contributed by atoms with van der Waals surface area (Å²) in [6.45, 7) is 4.00. The van der Waals surface area contributed by atoms with Gasteiger partial charge in [0, 0.05) is 17.2 Å². The van der Waals surface area contributed by atoms with Gasteiger partial charge in [-0.05, 0) is 50.2 Å². The van der Waals surface area contributed by atoms with E-state index in [4.69, 9.17) is 0 Å². The Balaban J connectivity index is 1.72. The zero-order chi connectivity index (χ0) is 17.6. The fourth-order valence-electron chi connectivity index (χ4n) is 2.15. The van der Waals surface area contributed by atoms with E-state index >= 15 is 0 Å². The molecule has 0 saturated carbocycles. The standard InChI is InChI=1S/C20H18N4O/c1-15-3-7-17(8-4-15)21-22-18-9-11-19(12-10-18)23-24(25)20-13-5-16(2)6-14-20/h3-14H,1-2H3. The molecular formula is C20H18N4O. The third-order valence-corrected chi connectivity index (χ3v) is 3.63. The number of aryl methyl sites for hydroxylation is 2. The van der Waals surface area contributed by atoms with Crippen molar-refractivity contribution in [3.8, 4) is 0 Å². The van der Waals surface area contributed by atoms with Crippen molar-refractivity contribution >= 4 is 22.7 Å². The van der Waals surface area contributed by atoms with Crippen LogP contribution in [0, 0.1) is 19.1 Å². The molecule has 0 heterocycles. The summed E-state index contributed by atoms with van der Waals surface area (Å²) < 4.78 is 0. The first-order chi connectivity index (χ1) is 12.1. The predicted octanol–water partition coefficient (Wildman–Crippen LogP) is 6.64. The van der Waals surface area contributed by atoms with Crippen molar-refractivity contribution in [3.05, 3.63) is 89.1 Å². The monoisotopic (exact) mass is 330 g/mol. The molecule has 0 spiro atoms. The summed E-state index contributed by atoms with van der Waals surface area (Å²) in [5.74, 6) is 0. The molecule has 5 heteroatoms. The van der Waals surface area contributed by atoms with Crippen LogP contribution in [0.25, 0.3) is 0 Å². The highest BCUT2D eigenvalue weighted by molar-refractivity contribution is 5.47. The Hall–Kier alpha value is -3.34. The number of hydrogen-bond acceptors (Lipinski definition) is 4. The molecule has 0 aliphatic heterocycles. The number of azo groups is 2. The van der Waals surface area contributed by atoms with Gasteiger partial charge in [-0.1, -0.05) is 40.3 Å². The smallest absolute Gasteiger partial charge is 0.244 e. The van der Waals surface area contributed by atoms with Crippen molar-refractivity contribution in [1.82, 2.24) is 0 Å². The fraction of sp³-hybridized carbons (Fsp3) is 0.100. The molecule has 25 heavy (non-hydrogen) atoms. The molecule has 0 fully saturated rings. The van der Waals surface area contributed by atoms with Crippen molar-refractivity contribution in [1.29, 1.82) is 0 Å². The fourth-order valence-corrected chi connectivity index (χ4v) is 2.15. The first-order valence-corrected chi connectivity index (χ1v) is 7.94. The van der Waals surface area contributed by atoms with E-state index in [2.05, 4.69) is 15.3 Å². The topological polar surface area (TPSA) is 63.1 Å². The molecule has 124 valence electrons. The number of hydrogen-bond donors (Lipinski definition) is 0. The summed E-state index contributed by atoms with van der Waals surface area (Å²) in [7, 11) is 0. The van der Waals surface area contributed by atoms with Crippen LogP contribution in [0.3, 0.4) is 0 Å². The highest BCUT2D eigenvalue weighted by Gasteiger charge is 2.03. The van der Waals surface area contributed by atoms with Crippen LogP contribution < -0.4 is 0 Å². The molecule has 0 amide bonds. The van der Waals surface area contributed by atoms with Gasteiger partial charge in [-0.2, -0.15) is 10.2 Å². The van der Waals surface area contributed by atoms with Crippen LogP contribution in [0.5, 0.6) is 0 Å². The van der Waals surface area contributed by atoms with Gasteiger partial charge < -0.3 is 5.21 Å². The Morgan fingerprint density at radius 2 is 1.00 bits per heavy atom. The van der Waals surface area contributed by atoms with Crippen molar-refractivity contribution in [2.75, 3.05) is 0 Å². The maximum atomic E-state index is 12.1. The Labute approximate surface area is 146 Å². The van der Waals surface area contributed by atoms with Crippen LogP contribution in [-0.4, -0.2) is 4.86 Å². The average Bonchev–Trinajstić information content (AvgIpc) is 2.63. The van der Waals surface area contributed by atoms with E-state index in [0.29, 0.717) is 21.9 Å². The van der Waals surface area contributed by atoms with E-state index in [-0.39, 0.29) is 0 Å². The van der Waals surface area contributed by atoms with Gasteiger partial charge in [-0.3, -0.25) is 0 Å². The molecule has 5 nitrogen and oxygen atoms in total. The number of benzene rings is 3. The lowest BCUT2D eigenvalue weighted by Crippen LogP contribution is -1.89. The van der Waals surface area contributed by atoms with Gasteiger partial charge >= 0.3 is 0 Å². The normalized spacial score (nSPS) is 11.8. The second kappa shape index (κ2) is 7.49. The third-order valence-electron chi connectivity index (χ3n) is 3.63. The van der Waals surface area contributed by atoms with Crippen LogP contribution in [-0.2, 0) is 0 Å². The van der Waals surface area contributed by atoms with Gasteiger partial charge in [0.05, 0.1) is 11.4 Å². The zero-order valence-corrected chi connectivity index (χ0v) is 14.1. The van der Waals surface area contributed by atoms with Gasteiger partial charge in [0.2, 0.25) is 5.69 Å². The minimum atomic E-state index is 0.494. The van der Waals surface area contributed by atoms with E-state index in [1.54, 1.807) is 36.4 Å². The Morgan fingerprint density at radius 3 is 1.52 bits per heavy atom. The Kier molecular flexibility index (Phi) is 4.95. The van der Waals surface area contributed by atoms with Crippen LogP contribution in [0.2, 0.25) is 0 Å². The summed E-state index contributed by atoms with van der Waals surface area (Å²) >= 11 is 0. The van der Waals surface area contributed by atoms with Crippen LogP contribution in [0.1, 0.15) is 11.1 Å². The van der Waals surface area contributed by atoms with Crippen molar-refractivity contribution < 1.29 is 4.86 Å². The molecule has 0 radical (unpaired) electrons. The number of rotatable bonds is 4. The van der Waals surface area contributed by atoms with Crippen molar-refractivity contribution in [3.63, 3.8) is 0 Å². The van der Waals surface area contributed by atoms with Gasteiger partial charge in [0.1, 0.15) is 5.69 Å². The molecule has 0 aliphatic rings. The molecule has 0 atom stereocenters. The predicted molar refractivity (Wildman–Crippen MR) is 98.4 cm³/mol. The summed E-state index contributed by atoms with van der Waals surface area (Å²) in [4.78, 5) is 0.613. The Morgan fingerprint density at radius 1 is 0.600 bits per heavy atom. The maximum absolute atomic E-state index is 12.1. The van der Waals surface area contributed by atoms with Crippen LogP contribution >= 0.6 is 0 Å². The zero-order valence-electron chi connectivity index (χ0n) is 14.1. The van der Waals surface area contributed by atoms with E-state index in [1.807, 2.05) is 50.2 Å². The second-order valence-corrected chi connectivity index (χ2v) is 5.76. The molecule has 3 aromatic carbocycles. The molecule has 3 rings (SSSR count). The van der Waals surface area contributed by atoms with E-state index in [9.17, 15) is 5.21 Å². The van der Waals surface area contributed by atoms with Crippen LogP contribution in [0.15, 0.2) is 88.1 Å². The number of nitrogens with zero attached hydrogens (tertiary/aromatic N) is 4. The lowest BCUT2D eigenvalue weighted by Gasteiger charge is -2.00. The van der Waals surface area contributed by atoms with Gasteiger partial charge in [0.25, 0.3) is 0 Å². The highest BCUT2D eigenvalue weighted by Crippen LogP contribution is 2.23. The summed E-state index contributed by atoms with van der Waals surface area (Å²) in [5.41, 5.74) is 4.83. The van der Waals surface area contributed by atoms with E-state index < -0.39 is 0 Å². The van der Waals surface area contributed by atoms with E-state index in [0.717, 1.165) is 11.3 Å². The molecule has 0 N–H and O–H groups in total. The van der Waals surface area contributed by atoms with Crippen molar-refractivity contribution in [2.45, 2.75) is 13.8 Å². The molecule has 0 saturated heterocycles. The highest BCUT2D eigenvalue weighted by atomic mass is 16.5. The molecule has 0 aliphatic carbocycles. The summed E-state index contributed by atoms with van der Waals surface area (Å²) in [5, 5.41) is 24.5. The Bertz CT molecular complexity index is 896. The van der Waals surface area contributed by atoms with Gasteiger partial charge in [-0.25, -0.2) is 0 Å². The quantitative estimate of drug-likeness (QED) is 0.300. The summed E-state index contributed by atoms with van der Waals surface area (Å²) in [6.07, 6.45) is 0. The first-order valence-electron chi connectivity index (χ1n) is 7.94. The molecular weight excluding hydrogens is 312 g/mol. The third kappa shape index (κ3) is 4.57. The largest absolute Gasteiger partial charge is 0.594 e. The molecule has 3 aromatic rings. The maximum Gasteiger partial charge on any atom is 0.244 e.